The first kappa shape index (κ1) is 13.1. The average Bonchev–Trinajstić information content (AvgIpc) is 2.92. The predicted octanol–water partition coefficient (Wildman–Crippen LogP) is -0.958. The summed E-state index contributed by atoms with van der Waals surface area (Å²) >= 11 is 1.97. The second-order valence-electron chi connectivity index (χ2n) is 4.23. The van der Waals surface area contributed by atoms with Crippen molar-refractivity contribution in [3.05, 3.63) is 16.4 Å². The molecule has 2 aromatic rings. The highest BCUT2D eigenvalue weighted by Crippen LogP contribution is 2.31. The standard InChI is InChI=1S/C10H11IN4O4/c11-10-12-1-4-8(14-10)15(3-13-4)9-7(18)6(17)5(2-16)19-9/h1,3,5-7,9,16-18H,2H2. The summed E-state index contributed by atoms with van der Waals surface area (Å²) in [6, 6.07) is 0. The molecule has 8 nitrogen and oxygen atoms in total. The lowest BCUT2D eigenvalue weighted by molar-refractivity contribution is -0.0511. The quantitative estimate of drug-likeness (QED) is 0.456. The Morgan fingerprint density at radius 3 is 2.79 bits per heavy atom. The molecular weight excluding hydrogens is 367 g/mol. The number of aromatic nitrogens is 4. The van der Waals surface area contributed by atoms with Gasteiger partial charge in [0, 0.05) is 22.6 Å². The number of halogens is 1. The molecule has 0 radical (unpaired) electrons. The molecule has 3 rings (SSSR count). The number of rotatable bonds is 2. The molecule has 0 aromatic carbocycles. The molecule has 3 heterocycles. The van der Waals surface area contributed by atoms with E-state index in [0.29, 0.717) is 15.0 Å². The fourth-order valence-corrected chi connectivity index (χ4v) is 2.47. The molecule has 0 saturated carbocycles. The Bertz CT molecular complexity index is 606. The third-order valence-electron chi connectivity index (χ3n) is 3.08. The molecule has 19 heavy (non-hydrogen) atoms. The predicted molar refractivity (Wildman–Crippen MR) is 71.0 cm³/mol. The molecule has 1 aliphatic rings. The lowest BCUT2D eigenvalue weighted by Crippen LogP contribution is -2.33. The molecular formula is C10H11IN4O4. The van der Waals surface area contributed by atoms with Crippen LogP contribution in [0.25, 0.3) is 11.2 Å². The van der Waals surface area contributed by atoms with Gasteiger partial charge >= 0.3 is 0 Å². The SMILES string of the molecule is OCC1OC(n2cnc3cnc(I)nc32)C(O)C1O. The van der Waals surface area contributed by atoms with Crippen molar-refractivity contribution in [2.75, 3.05) is 6.61 Å². The highest BCUT2D eigenvalue weighted by atomic mass is 127. The molecule has 0 bridgehead atoms. The van der Waals surface area contributed by atoms with Crippen LogP contribution in [0, 0.1) is 3.83 Å². The summed E-state index contributed by atoms with van der Waals surface area (Å²) in [4.78, 5) is 12.4. The normalized spacial score (nSPS) is 31.2. The Morgan fingerprint density at radius 2 is 2.11 bits per heavy atom. The van der Waals surface area contributed by atoms with Gasteiger partial charge in [-0.05, 0) is 0 Å². The molecule has 0 aliphatic carbocycles. The molecule has 4 atom stereocenters. The second-order valence-corrected chi connectivity index (χ2v) is 5.19. The molecule has 0 amide bonds. The van der Waals surface area contributed by atoms with E-state index >= 15 is 0 Å². The summed E-state index contributed by atoms with van der Waals surface area (Å²) in [6.07, 6.45) is -0.908. The number of nitrogens with zero attached hydrogens (tertiary/aromatic N) is 4. The van der Waals surface area contributed by atoms with Crippen LogP contribution in [0.4, 0.5) is 0 Å². The minimum absolute atomic E-state index is 0.367. The van der Waals surface area contributed by atoms with Crippen molar-refractivity contribution in [3.8, 4) is 0 Å². The summed E-state index contributed by atoms with van der Waals surface area (Å²) in [7, 11) is 0. The van der Waals surface area contributed by atoms with Gasteiger partial charge in [-0.15, -0.1) is 0 Å². The lowest BCUT2D eigenvalue weighted by Gasteiger charge is -2.16. The van der Waals surface area contributed by atoms with E-state index in [-0.39, 0.29) is 6.61 Å². The zero-order valence-corrected chi connectivity index (χ0v) is 11.7. The molecule has 1 fully saturated rings. The van der Waals surface area contributed by atoms with Crippen molar-refractivity contribution in [2.24, 2.45) is 0 Å². The number of aliphatic hydroxyl groups is 3. The van der Waals surface area contributed by atoms with Crippen LogP contribution >= 0.6 is 22.6 Å². The van der Waals surface area contributed by atoms with Crippen LogP contribution in [0.15, 0.2) is 12.5 Å². The van der Waals surface area contributed by atoms with Gasteiger partial charge in [0.2, 0.25) is 0 Å². The maximum Gasteiger partial charge on any atom is 0.192 e. The van der Waals surface area contributed by atoms with E-state index in [2.05, 4.69) is 15.0 Å². The number of imidazole rings is 1. The summed E-state index contributed by atoms with van der Waals surface area (Å²) in [6.45, 7) is -0.367. The maximum atomic E-state index is 9.98. The fraction of sp³-hybridized carbons (Fsp3) is 0.500. The van der Waals surface area contributed by atoms with Gasteiger partial charge in [0.1, 0.15) is 23.8 Å². The Labute approximate surface area is 121 Å². The third-order valence-corrected chi connectivity index (χ3v) is 3.60. The van der Waals surface area contributed by atoms with Gasteiger partial charge in [0.25, 0.3) is 0 Å². The van der Waals surface area contributed by atoms with E-state index in [0.717, 1.165) is 0 Å². The van der Waals surface area contributed by atoms with Crippen LogP contribution in [0.3, 0.4) is 0 Å². The minimum Gasteiger partial charge on any atom is -0.394 e. The number of hydrogen-bond donors (Lipinski definition) is 3. The van der Waals surface area contributed by atoms with Crippen LogP contribution in [-0.4, -0.2) is 59.8 Å². The Balaban J connectivity index is 2.03. The second kappa shape index (κ2) is 4.90. The highest BCUT2D eigenvalue weighted by Gasteiger charge is 2.43. The monoisotopic (exact) mass is 378 g/mol. The van der Waals surface area contributed by atoms with Crippen LogP contribution in [0.1, 0.15) is 6.23 Å². The fourth-order valence-electron chi connectivity index (χ4n) is 2.10. The maximum absolute atomic E-state index is 9.98. The molecule has 2 aromatic heterocycles. The van der Waals surface area contributed by atoms with Crippen LogP contribution < -0.4 is 0 Å². The molecule has 9 heteroatoms. The zero-order chi connectivity index (χ0) is 13.6. The Hall–Kier alpha value is -0.880. The largest absolute Gasteiger partial charge is 0.394 e. The van der Waals surface area contributed by atoms with Gasteiger partial charge in [0.05, 0.1) is 19.1 Å². The molecule has 1 aliphatic heterocycles. The van der Waals surface area contributed by atoms with Gasteiger partial charge < -0.3 is 20.1 Å². The lowest BCUT2D eigenvalue weighted by atomic mass is 10.1. The molecule has 102 valence electrons. The van der Waals surface area contributed by atoms with Crippen molar-refractivity contribution >= 4 is 33.8 Å². The van der Waals surface area contributed by atoms with Gasteiger partial charge in [-0.2, -0.15) is 0 Å². The first-order valence-electron chi connectivity index (χ1n) is 5.59. The smallest absolute Gasteiger partial charge is 0.192 e. The van der Waals surface area contributed by atoms with Gasteiger partial charge in [-0.25, -0.2) is 15.0 Å². The minimum atomic E-state index is -1.15. The number of fused-ring (bicyclic) bond motifs is 1. The number of hydrogen-bond acceptors (Lipinski definition) is 7. The Morgan fingerprint density at radius 1 is 1.32 bits per heavy atom. The molecule has 3 N–H and O–H groups in total. The first-order chi connectivity index (χ1) is 9.11. The summed E-state index contributed by atoms with van der Waals surface area (Å²) < 4.78 is 7.51. The highest BCUT2D eigenvalue weighted by molar-refractivity contribution is 14.1. The van der Waals surface area contributed by atoms with Crippen molar-refractivity contribution in [1.29, 1.82) is 0 Å². The third kappa shape index (κ3) is 2.10. The van der Waals surface area contributed by atoms with E-state index in [4.69, 9.17) is 9.84 Å². The Kier molecular flexibility index (Phi) is 3.39. The van der Waals surface area contributed by atoms with Gasteiger partial charge in [0.15, 0.2) is 15.7 Å². The summed E-state index contributed by atoms with van der Waals surface area (Å²) in [5, 5.41) is 28.8. The summed E-state index contributed by atoms with van der Waals surface area (Å²) in [5.41, 5.74) is 1.08. The van der Waals surface area contributed by atoms with Crippen LogP contribution in [0.5, 0.6) is 0 Å². The molecule has 0 spiro atoms. The summed E-state index contributed by atoms with van der Waals surface area (Å²) in [5.74, 6) is 0. The number of ether oxygens (including phenoxy) is 1. The van der Waals surface area contributed by atoms with E-state index in [9.17, 15) is 10.2 Å². The van der Waals surface area contributed by atoms with E-state index in [1.807, 2.05) is 22.6 Å². The molecule has 4 unspecified atom stereocenters. The van der Waals surface area contributed by atoms with Crippen molar-refractivity contribution < 1.29 is 20.1 Å². The van der Waals surface area contributed by atoms with Crippen molar-refractivity contribution in [3.63, 3.8) is 0 Å². The van der Waals surface area contributed by atoms with E-state index in [1.54, 1.807) is 6.20 Å². The number of aliphatic hydroxyl groups excluding tert-OH is 3. The van der Waals surface area contributed by atoms with Crippen molar-refractivity contribution in [1.82, 2.24) is 19.5 Å². The van der Waals surface area contributed by atoms with Crippen LogP contribution in [-0.2, 0) is 4.74 Å². The molecule has 1 saturated heterocycles. The first-order valence-corrected chi connectivity index (χ1v) is 6.67. The van der Waals surface area contributed by atoms with E-state index < -0.39 is 24.5 Å². The van der Waals surface area contributed by atoms with E-state index in [1.165, 1.54) is 10.9 Å². The van der Waals surface area contributed by atoms with Crippen molar-refractivity contribution in [2.45, 2.75) is 24.5 Å². The van der Waals surface area contributed by atoms with Crippen LogP contribution in [0.2, 0.25) is 0 Å². The average molecular weight is 378 g/mol. The zero-order valence-electron chi connectivity index (χ0n) is 9.59. The topological polar surface area (TPSA) is 114 Å². The van der Waals surface area contributed by atoms with Gasteiger partial charge in [-0.3, -0.25) is 4.57 Å². The van der Waals surface area contributed by atoms with Gasteiger partial charge in [-0.1, -0.05) is 0 Å².